The molecular weight excluding hydrogens is 199 g/mol. The van der Waals surface area contributed by atoms with Crippen LogP contribution in [0.15, 0.2) is 12.3 Å². The molecule has 0 fully saturated rings. The van der Waals surface area contributed by atoms with Crippen molar-refractivity contribution in [1.29, 1.82) is 0 Å². The predicted octanol–water partition coefficient (Wildman–Crippen LogP) is 1.68. The minimum atomic E-state index is -4.55. The summed E-state index contributed by atoms with van der Waals surface area (Å²) in [4.78, 5) is 14.6. The van der Waals surface area contributed by atoms with Crippen LogP contribution in [0.3, 0.4) is 0 Å². The number of fused-ring (bicyclic) bond motifs is 1. The molecule has 1 aromatic heterocycles. The van der Waals surface area contributed by atoms with Gasteiger partial charge in [-0.1, -0.05) is 0 Å². The highest BCUT2D eigenvalue weighted by atomic mass is 19.4. The van der Waals surface area contributed by atoms with Crippen LogP contribution in [0.5, 0.6) is 5.88 Å². The fraction of sp³-hybridized carbons (Fsp3) is 0.250. The van der Waals surface area contributed by atoms with Gasteiger partial charge >= 0.3 is 6.18 Å². The number of ketones is 1. The van der Waals surface area contributed by atoms with Gasteiger partial charge in [0.05, 0.1) is 11.1 Å². The molecule has 0 N–H and O–H groups in total. The Bertz CT molecular complexity index is 400. The lowest BCUT2D eigenvalue weighted by Crippen LogP contribution is -2.11. The molecule has 1 aromatic rings. The lowest BCUT2D eigenvalue weighted by molar-refractivity contribution is -0.137. The molecule has 0 radical (unpaired) electrons. The molecule has 0 unspecified atom stereocenters. The van der Waals surface area contributed by atoms with Crippen molar-refractivity contribution >= 4 is 5.78 Å². The molecule has 1 aliphatic heterocycles. The molecular formula is C8H4F3NO2. The first-order valence-electron chi connectivity index (χ1n) is 3.72. The van der Waals surface area contributed by atoms with Gasteiger partial charge < -0.3 is 4.74 Å². The molecule has 14 heavy (non-hydrogen) atoms. The standard InChI is InChI=1S/C8H4F3NO2/c9-8(10,11)4-1-2-12-7-6(4)5(13)3-14-7/h1-2H,3H2. The zero-order valence-corrected chi connectivity index (χ0v) is 6.76. The van der Waals surface area contributed by atoms with Crippen molar-refractivity contribution in [1.82, 2.24) is 4.98 Å². The SMILES string of the molecule is O=C1COc2nccc(C(F)(F)F)c21. The van der Waals surface area contributed by atoms with Crippen molar-refractivity contribution in [2.75, 3.05) is 6.61 Å². The minimum Gasteiger partial charge on any atom is -0.469 e. The molecule has 74 valence electrons. The number of hydrogen-bond donors (Lipinski definition) is 0. The van der Waals surface area contributed by atoms with Gasteiger partial charge in [-0.3, -0.25) is 4.79 Å². The Morgan fingerprint density at radius 2 is 2.14 bits per heavy atom. The molecule has 0 saturated carbocycles. The monoisotopic (exact) mass is 203 g/mol. The van der Waals surface area contributed by atoms with E-state index < -0.39 is 23.1 Å². The van der Waals surface area contributed by atoms with Crippen LogP contribution in [0.4, 0.5) is 13.2 Å². The third-order valence-corrected chi connectivity index (χ3v) is 1.84. The van der Waals surface area contributed by atoms with Crippen molar-refractivity contribution in [2.45, 2.75) is 6.18 Å². The molecule has 0 amide bonds. The lowest BCUT2D eigenvalue weighted by atomic mass is 10.1. The number of carbonyl (C=O) groups is 1. The summed E-state index contributed by atoms with van der Waals surface area (Å²) < 4.78 is 41.8. The van der Waals surface area contributed by atoms with Crippen molar-refractivity contribution in [3.8, 4) is 5.88 Å². The second-order valence-electron chi connectivity index (χ2n) is 2.75. The number of aromatic nitrogens is 1. The Hall–Kier alpha value is -1.59. The molecule has 0 atom stereocenters. The van der Waals surface area contributed by atoms with Gasteiger partial charge in [-0.2, -0.15) is 13.2 Å². The lowest BCUT2D eigenvalue weighted by Gasteiger charge is -2.08. The largest absolute Gasteiger partial charge is 0.469 e. The second kappa shape index (κ2) is 2.70. The molecule has 3 nitrogen and oxygen atoms in total. The van der Waals surface area contributed by atoms with E-state index in [0.29, 0.717) is 0 Å². The summed E-state index contributed by atoms with van der Waals surface area (Å²) in [6.07, 6.45) is -3.57. The van der Waals surface area contributed by atoms with Gasteiger partial charge in [0, 0.05) is 6.20 Å². The van der Waals surface area contributed by atoms with E-state index in [1.54, 1.807) is 0 Å². The average Bonchev–Trinajstić information content (AvgIpc) is 2.46. The van der Waals surface area contributed by atoms with E-state index in [0.717, 1.165) is 12.3 Å². The van der Waals surface area contributed by atoms with E-state index in [1.165, 1.54) is 0 Å². The van der Waals surface area contributed by atoms with E-state index in [1.807, 2.05) is 0 Å². The Labute approximate surface area is 76.5 Å². The molecule has 0 saturated heterocycles. The molecule has 2 heterocycles. The third kappa shape index (κ3) is 1.23. The van der Waals surface area contributed by atoms with Gasteiger partial charge in [-0.05, 0) is 6.07 Å². The molecule has 2 rings (SSSR count). The van der Waals surface area contributed by atoms with Crippen LogP contribution in [0.1, 0.15) is 15.9 Å². The summed E-state index contributed by atoms with van der Waals surface area (Å²) in [6, 6.07) is 0.769. The van der Waals surface area contributed by atoms with E-state index in [9.17, 15) is 18.0 Å². The number of carbonyl (C=O) groups excluding carboxylic acids is 1. The summed E-state index contributed by atoms with van der Waals surface area (Å²) in [5, 5.41) is 0. The maximum atomic E-state index is 12.4. The van der Waals surface area contributed by atoms with Crippen LogP contribution in [0.2, 0.25) is 0 Å². The van der Waals surface area contributed by atoms with E-state index in [-0.39, 0.29) is 12.5 Å². The molecule has 0 aromatic carbocycles. The Morgan fingerprint density at radius 3 is 2.79 bits per heavy atom. The zero-order chi connectivity index (χ0) is 10.3. The van der Waals surface area contributed by atoms with Crippen molar-refractivity contribution < 1.29 is 22.7 Å². The van der Waals surface area contributed by atoms with Crippen LogP contribution in [-0.2, 0) is 6.18 Å². The molecule has 1 aliphatic rings. The fourth-order valence-electron chi connectivity index (χ4n) is 1.26. The molecule has 0 bridgehead atoms. The molecule has 0 aliphatic carbocycles. The van der Waals surface area contributed by atoms with Crippen LogP contribution >= 0.6 is 0 Å². The van der Waals surface area contributed by atoms with E-state index >= 15 is 0 Å². The quantitative estimate of drug-likeness (QED) is 0.643. The highest BCUT2D eigenvalue weighted by Gasteiger charge is 2.39. The Balaban J connectivity index is 2.64. The number of nitrogens with zero attached hydrogens (tertiary/aromatic N) is 1. The first-order valence-corrected chi connectivity index (χ1v) is 3.72. The summed E-state index contributed by atoms with van der Waals surface area (Å²) in [7, 11) is 0. The van der Waals surface area contributed by atoms with Crippen molar-refractivity contribution in [2.24, 2.45) is 0 Å². The van der Waals surface area contributed by atoms with Crippen LogP contribution in [-0.4, -0.2) is 17.4 Å². The summed E-state index contributed by atoms with van der Waals surface area (Å²) >= 11 is 0. The van der Waals surface area contributed by atoms with Gasteiger partial charge in [0.1, 0.15) is 0 Å². The molecule has 6 heteroatoms. The van der Waals surface area contributed by atoms with Gasteiger partial charge in [0.2, 0.25) is 11.7 Å². The van der Waals surface area contributed by atoms with Gasteiger partial charge in [0.25, 0.3) is 0 Å². The summed E-state index contributed by atoms with van der Waals surface area (Å²) in [5.74, 6) is -0.912. The second-order valence-corrected chi connectivity index (χ2v) is 2.75. The van der Waals surface area contributed by atoms with Crippen LogP contribution < -0.4 is 4.74 Å². The predicted molar refractivity (Wildman–Crippen MR) is 39.1 cm³/mol. The number of alkyl halides is 3. The topological polar surface area (TPSA) is 39.2 Å². The Kier molecular flexibility index (Phi) is 1.73. The smallest absolute Gasteiger partial charge is 0.417 e. The van der Waals surface area contributed by atoms with Gasteiger partial charge in [-0.25, -0.2) is 4.98 Å². The van der Waals surface area contributed by atoms with E-state index in [4.69, 9.17) is 0 Å². The van der Waals surface area contributed by atoms with E-state index in [2.05, 4.69) is 9.72 Å². The number of ether oxygens (including phenoxy) is 1. The number of rotatable bonds is 0. The van der Waals surface area contributed by atoms with Crippen molar-refractivity contribution in [3.05, 3.63) is 23.4 Å². The number of Topliss-reactive ketones (excluding diaryl/α,β-unsaturated/α-hetero) is 1. The summed E-state index contributed by atoms with van der Waals surface area (Å²) in [6.45, 7) is -0.366. The maximum absolute atomic E-state index is 12.4. The van der Waals surface area contributed by atoms with Crippen LogP contribution in [0, 0.1) is 0 Å². The first-order chi connectivity index (χ1) is 6.50. The van der Waals surface area contributed by atoms with Gasteiger partial charge in [0.15, 0.2) is 6.61 Å². The van der Waals surface area contributed by atoms with Gasteiger partial charge in [-0.15, -0.1) is 0 Å². The number of pyridine rings is 1. The normalized spacial score (nSPS) is 15.2. The first kappa shape index (κ1) is 8.98. The summed E-state index contributed by atoms with van der Waals surface area (Å²) in [5.41, 5.74) is -1.44. The number of halogens is 3. The Morgan fingerprint density at radius 1 is 1.43 bits per heavy atom. The maximum Gasteiger partial charge on any atom is 0.417 e. The molecule has 0 spiro atoms. The zero-order valence-electron chi connectivity index (χ0n) is 6.76. The highest BCUT2D eigenvalue weighted by Crippen LogP contribution is 2.36. The van der Waals surface area contributed by atoms with Crippen LogP contribution in [0.25, 0.3) is 0 Å². The number of hydrogen-bond acceptors (Lipinski definition) is 3. The third-order valence-electron chi connectivity index (χ3n) is 1.84. The average molecular weight is 203 g/mol. The minimum absolute atomic E-state index is 0.232. The van der Waals surface area contributed by atoms with Crippen molar-refractivity contribution in [3.63, 3.8) is 0 Å². The highest BCUT2D eigenvalue weighted by molar-refractivity contribution is 6.03. The fourth-order valence-corrected chi connectivity index (χ4v) is 1.26.